The summed E-state index contributed by atoms with van der Waals surface area (Å²) in [6.45, 7) is 6.51. The molecular weight excluding hydrogens is 460 g/mol. The topological polar surface area (TPSA) is 74.7 Å². The van der Waals surface area contributed by atoms with Gasteiger partial charge in [-0.3, -0.25) is 4.79 Å². The average Bonchev–Trinajstić information content (AvgIpc) is 3.43. The fourth-order valence-electron chi connectivity index (χ4n) is 6.15. The summed E-state index contributed by atoms with van der Waals surface area (Å²) in [5.74, 6) is -0.0188. The summed E-state index contributed by atoms with van der Waals surface area (Å²) >= 11 is 0. The van der Waals surface area contributed by atoms with Gasteiger partial charge in [0, 0.05) is 43.6 Å². The number of amides is 1. The van der Waals surface area contributed by atoms with Crippen molar-refractivity contribution in [1.82, 2.24) is 8.87 Å². The summed E-state index contributed by atoms with van der Waals surface area (Å²) in [5, 5.41) is 3.78. The number of sulfonamides is 1. The minimum absolute atomic E-state index is 0.0188. The lowest BCUT2D eigenvalue weighted by molar-refractivity contribution is -0.116. The number of aryl methyl sites for hydroxylation is 1. The zero-order valence-corrected chi connectivity index (χ0v) is 21.1. The summed E-state index contributed by atoms with van der Waals surface area (Å²) in [6.07, 6.45) is 4.12. The second-order valence-corrected chi connectivity index (χ2v) is 12.1. The standard InChI is InChI=1S/C27H30N4O3S/c1-18-6-8-25-23(15-18)28-27(26-5-4-12-30(25)26)10-13-29(14-11-27)35(33,34)22-7-9-24-21(17-22)16-19(2)31(24)20(3)32/h4-9,12,15,17,19,28H,10-11,13-14,16H2,1-3H3. The van der Waals surface area contributed by atoms with Crippen LogP contribution in [0.5, 0.6) is 0 Å². The first-order valence-electron chi connectivity index (χ1n) is 12.2. The van der Waals surface area contributed by atoms with E-state index in [0.717, 1.165) is 22.6 Å². The predicted octanol–water partition coefficient (Wildman–Crippen LogP) is 4.19. The molecule has 1 spiro atoms. The van der Waals surface area contributed by atoms with E-state index < -0.39 is 10.0 Å². The molecule has 0 saturated carbocycles. The molecule has 1 atom stereocenters. The third kappa shape index (κ3) is 3.34. The maximum atomic E-state index is 13.6. The molecule has 2 aromatic carbocycles. The van der Waals surface area contributed by atoms with Crippen molar-refractivity contribution in [3.63, 3.8) is 0 Å². The molecule has 4 heterocycles. The van der Waals surface area contributed by atoms with Crippen molar-refractivity contribution >= 4 is 27.3 Å². The Morgan fingerprint density at radius 1 is 1.06 bits per heavy atom. The minimum atomic E-state index is -3.63. The van der Waals surface area contributed by atoms with Gasteiger partial charge in [-0.1, -0.05) is 6.07 Å². The van der Waals surface area contributed by atoms with Gasteiger partial charge in [0.1, 0.15) is 0 Å². The number of benzene rings is 2. The third-order valence-corrected chi connectivity index (χ3v) is 9.74. The number of hydrogen-bond acceptors (Lipinski definition) is 4. The predicted molar refractivity (Wildman–Crippen MR) is 137 cm³/mol. The van der Waals surface area contributed by atoms with Crippen molar-refractivity contribution in [3.05, 3.63) is 71.5 Å². The molecule has 3 aliphatic heterocycles. The zero-order chi connectivity index (χ0) is 24.5. The Kier molecular flexibility index (Phi) is 4.92. The molecule has 1 unspecified atom stereocenters. The first-order valence-corrected chi connectivity index (χ1v) is 13.6. The third-order valence-electron chi connectivity index (χ3n) is 7.84. The molecule has 8 heteroatoms. The molecule has 6 rings (SSSR count). The van der Waals surface area contributed by atoms with Crippen LogP contribution in [-0.2, 0) is 26.8 Å². The molecule has 1 aromatic heterocycles. The maximum absolute atomic E-state index is 13.6. The van der Waals surface area contributed by atoms with Gasteiger partial charge in [-0.15, -0.1) is 0 Å². The van der Waals surface area contributed by atoms with Crippen LogP contribution < -0.4 is 10.2 Å². The first kappa shape index (κ1) is 22.4. The number of fused-ring (bicyclic) bond motifs is 5. The molecule has 35 heavy (non-hydrogen) atoms. The molecule has 0 aliphatic carbocycles. The zero-order valence-electron chi connectivity index (χ0n) is 20.3. The molecule has 1 fully saturated rings. The van der Waals surface area contributed by atoms with Crippen molar-refractivity contribution < 1.29 is 13.2 Å². The van der Waals surface area contributed by atoms with E-state index in [1.165, 1.54) is 11.3 Å². The van der Waals surface area contributed by atoms with E-state index in [2.05, 4.69) is 53.3 Å². The Hall–Kier alpha value is -3.10. The van der Waals surface area contributed by atoms with Crippen LogP contribution in [0, 0.1) is 6.92 Å². The van der Waals surface area contributed by atoms with Crippen LogP contribution in [0.3, 0.4) is 0 Å². The van der Waals surface area contributed by atoms with E-state index >= 15 is 0 Å². The van der Waals surface area contributed by atoms with Crippen LogP contribution in [0.15, 0.2) is 59.6 Å². The maximum Gasteiger partial charge on any atom is 0.243 e. The highest BCUT2D eigenvalue weighted by molar-refractivity contribution is 7.89. The second kappa shape index (κ2) is 7.70. The number of aromatic nitrogens is 1. The first-order chi connectivity index (χ1) is 16.7. The number of carbonyl (C=O) groups excluding carboxylic acids is 1. The largest absolute Gasteiger partial charge is 0.372 e. The van der Waals surface area contributed by atoms with E-state index in [1.54, 1.807) is 34.3 Å². The van der Waals surface area contributed by atoms with E-state index in [9.17, 15) is 13.2 Å². The number of carbonyl (C=O) groups is 1. The van der Waals surface area contributed by atoms with Crippen LogP contribution in [0.25, 0.3) is 5.69 Å². The van der Waals surface area contributed by atoms with Gasteiger partial charge in [-0.2, -0.15) is 4.31 Å². The molecule has 0 bridgehead atoms. The van der Waals surface area contributed by atoms with Crippen molar-refractivity contribution in [2.24, 2.45) is 0 Å². The molecule has 1 saturated heterocycles. The van der Waals surface area contributed by atoms with Crippen molar-refractivity contribution in [1.29, 1.82) is 0 Å². The van der Waals surface area contributed by atoms with Crippen LogP contribution >= 0.6 is 0 Å². The lowest BCUT2D eigenvalue weighted by Crippen LogP contribution is -2.51. The molecule has 1 N–H and O–H groups in total. The number of piperidine rings is 1. The minimum Gasteiger partial charge on any atom is -0.372 e. The van der Waals surface area contributed by atoms with Crippen molar-refractivity contribution in [3.8, 4) is 5.69 Å². The highest BCUT2D eigenvalue weighted by Crippen LogP contribution is 2.44. The summed E-state index contributed by atoms with van der Waals surface area (Å²) in [6, 6.07) is 15.9. The Morgan fingerprint density at radius 2 is 1.80 bits per heavy atom. The number of nitrogens with one attached hydrogen (secondary N) is 1. The SMILES string of the molecule is CC(=O)N1c2ccc(S(=O)(=O)N3CCC4(CC3)Nc3cc(C)ccc3-n3cccc34)cc2CC1C. The molecule has 1 amide bonds. The van der Waals surface area contributed by atoms with Crippen molar-refractivity contribution in [2.75, 3.05) is 23.3 Å². The van der Waals surface area contributed by atoms with Crippen LogP contribution in [0.1, 0.15) is 43.5 Å². The molecular formula is C27H30N4O3S. The number of anilines is 2. The monoisotopic (exact) mass is 490 g/mol. The fourth-order valence-corrected chi connectivity index (χ4v) is 7.64. The average molecular weight is 491 g/mol. The van der Waals surface area contributed by atoms with Gasteiger partial charge < -0.3 is 14.8 Å². The normalized spacial score (nSPS) is 20.8. The Morgan fingerprint density at radius 3 is 2.54 bits per heavy atom. The number of rotatable bonds is 2. The van der Waals surface area contributed by atoms with Gasteiger partial charge in [0.25, 0.3) is 0 Å². The van der Waals surface area contributed by atoms with Gasteiger partial charge in [-0.25, -0.2) is 8.42 Å². The molecule has 3 aliphatic rings. The Bertz CT molecular complexity index is 1450. The summed E-state index contributed by atoms with van der Waals surface area (Å²) < 4.78 is 31.1. The molecule has 0 radical (unpaired) electrons. The lowest BCUT2D eigenvalue weighted by atomic mass is 9.83. The van der Waals surface area contributed by atoms with Crippen LogP contribution in [0.2, 0.25) is 0 Å². The Labute approximate surface area is 206 Å². The van der Waals surface area contributed by atoms with E-state index in [-0.39, 0.29) is 17.5 Å². The van der Waals surface area contributed by atoms with Gasteiger partial charge in [0.15, 0.2) is 0 Å². The van der Waals surface area contributed by atoms with Crippen LogP contribution in [0.4, 0.5) is 11.4 Å². The lowest BCUT2D eigenvalue weighted by Gasteiger charge is -2.46. The highest BCUT2D eigenvalue weighted by Gasteiger charge is 2.44. The fraction of sp³-hybridized carbons (Fsp3) is 0.370. The summed E-state index contributed by atoms with van der Waals surface area (Å²) in [4.78, 5) is 14.1. The molecule has 7 nitrogen and oxygen atoms in total. The molecule has 3 aromatic rings. The molecule has 182 valence electrons. The van der Waals surface area contributed by atoms with Crippen LogP contribution in [-0.4, -0.2) is 42.3 Å². The number of nitrogens with zero attached hydrogens (tertiary/aromatic N) is 3. The number of hydrogen-bond donors (Lipinski definition) is 1. The van der Waals surface area contributed by atoms with E-state index in [0.29, 0.717) is 37.2 Å². The smallest absolute Gasteiger partial charge is 0.243 e. The van der Waals surface area contributed by atoms with Gasteiger partial charge >= 0.3 is 0 Å². The highest BCUT2D eigenvalue weighted by atomic mass is 32.2. The van der Waals surface area contributed by atoms with Gasteiger partial charge in [0.2, 0.25) is 15.9 Å². The summed E-state index contributed by atoms with van der Waals surface area (Å²) in [7, 11) is -3.63. The van der Waals surface area contributed by atoms with Gasteiger partial charge in [-0.05, 0) is 86.7 Å². The van der Waals surface area contributed by atoms with Crippen molar-refractivity contribution in [2.45, 2.75) is 56.5 Å². The van der Waals surface area contributed by atoms with E-state index in [1.807, 2.05) is 6.92 Å². The van der Waals surface area contributed by atoms with E-state index in [4.69, 9.17) is 0 Å². The Balaban J connectivity index is 1.27. The quantitative estimate of drug-likeness (QED) is 0.585. The second-order valence-electron chi connectivity index (χ2n) is 10.1. The van der Waals surface area contributed by atoms with Gasteiger partial charge in [0.05, 0.1) is 21.8 Å². The summed E-state index contributed by atoms with van der Waals surface area (Å²) in [5.41, 5.74) is 6.03.